The first-order valence-corrected chi connectivity index (χ1v) is 10.7. The van der Waals surface area contributed by atoms with Gasteiger partial charge in [0.2, 0.25) is 0 Å². The third-order valence-electron chi connectivity index (χ3n) is 4.45. The smallest absolute Gasteiger partial charge is 0.161 e. The number of hydrogen-bond acceptors (Lipinski definition) is 5. The molecule has 0 bridgehead atoms. The number of hydrogen-bond donors (Lipinski definition) is 1. The molecule has 1 N–H and O–H groups in total. The predicted octanol–water partition coefficient (Wildman–Crippen LogP) is 2.92. The number of sulfone groups is 1. The molecule has 130 valence electrons. The fraction of sp³-hybridized carbons (Fsp3) is 0.278. The topological polar surface area (TPSA) is 70.5 Å². The first kappa shape index (κ1) is 16.5. The van der Waals surface area contributed by atoms with Crippen LogP contribution in [0.3, 0.4) is 0 Å². The number of rotatable bonds is 4. The summed E-state index contributed by atoms with van der Waals surface area (Å²) < 4.78 is 29.5. The van der Waals surface area contributed by atoms with Gasteiger partial charge in [0, 0.05) is 10.9 Å². The molecule has 2 aliphatic rings. The van der Waals surface area contributed by atoms with Crippen molar-refractivity contribution >= 4 is 32.5 Å². The highest BCUT2D eigenvalue weighted by Gasteiger charge is 2.48. The summed E-state index contributed by atoms with van der Waals surface area (Å²) >= 11 is 1.35. The van der Waals surface area contributed by atoms with Crippen molar-refractivity contribution in [1.29, 1.82) is 5.41 Å². The van der Waals surface area contributed by atoms with Gasteiger partial charge in [-0.25, -0.2) is 8.42 Å². The Bertz CT molecular complexity index is 882. The number of thioether (sulfide) groups is 1. The van der Waals surface area contributed by atoms with Crippen molar-refractivity contribution in [2.75, 3.05) is 16.4 Å². The van der Waals surface area contributed by atoms with Crippen molar-refractivity contribution in [2.45, 2.75) is 17.9 Å². The van der Waals surface area contributed by atoms with E-state index in [4.69, 9.17) is 10.1 Å². The van der Waals surface area contributed by atoms with Crippen LogP contribution in [0.2, 0.25) is 0 Å². The molecule has 25 heavy (non-hydrogen) atoms. The molecule has 2 heterocycles. The summed E-state index contributed by atoms with van der Waals surface area (Å²) in [6.07, 6.45) is 0. The molecule has 0 radical (unpaired) electrons. The van der Waals surface area contributed by atoms with Gasteiger partial charge < -0.3 is 9.64 Å². The number of nitrogens with one attached hydrogen (secondary N) is 1. The Balaban J connectivity index is 1.47. The average Bonchev–Trinajstić information content (AvgIpc) is 3.04. The van der Waals surface area contributed by atoms with E-state index in [2.05, 4.69) is 0 Å². The van der Waals surface area contributed by atoms with Crippen molar-refractivity contribution in [3.63, 3.8) is 0 Å². The molecule has 0 aliphatic carbocycles. The number of amidine groups is 1. The number of benzene rings is 2. The fourth-order valence-electron chi connectivity index (χ4n) is 3.25. The van der Waals surface area contributed by atoms with Gasteiger partial charge in [-0.3, -0.25) is 5.41 Å². The second-order valence-electron chi connectivity index (χ2n) is 6.24. The van der Waals surface area contributed by atoms with Gasteiger partial charge in [0.1, 0.15) is 12.4 Å². The van der Waals surface area contributed by atoms with Crippen LogP contribution in [0, 0.1) is 5.41 Å². The minimum Gasteiger partial charge on any atom is -0.489 e. The maximum absolute atomic E-state index is 11.9. The molecule has 0 aromatic heterocycles. The number of nitrogens with zero attached hydrogens (tertiary/aromatic N) is 1. The fourth-order valence-corrected chi connectivity index (χ4v) is 7.05. The van der Waals surface area contributed by atoms with Crippen LogP contribution in [0.4, 0.5) is 5.69 Å². The molecule has 0 saturated carbocycles. The predicted molar refractivity (Wildman–Crippen MR) is 101 cm³/mol. The van der Waals surface area contributed by atoms with Crippen molar-refractivity contribution < 1.29 is 13.2 Å². The second-order valence-corrected chi connectivity index (χ2v) is 9.63. The van der Waals surface area contributed by atoms with Crippen LogP contribution in [0.5, 0.6) is 5.75 Å². The quantitative estimate of drug-likeness (QED) is 0.891. The average molecular weight is 374 g/mol. The maximum Gasteiger partial charge on any atom is 0.161 e. The molecule has 2 saturated heterocycles. The molecule has 0 amide bonds. The highest BCUT2D eigenvalue weighted by molar-refractivity contribution is 8.15. The normalized spacial score (nSPS) is 24.3. The SMILES string of the molecule is N=C1SC2CS(=O)(=O)CC2N1c1ccc(OCc2ccccc2)cc1. The van der Waals surface area contributed by atoms with Crippen molar-refractivity contribution in [3.8, 4) is 5.75 Å². The van der Waals surface area contributed by atoms with Crippen LogP contribution in [-0.4, -0.2) is 36.4 Å². The highest BCUT2D eigenvalue weighted by atomic mass is 32.2. The molecule has 4 rings (SSSR count). The van der Waals surface area contributed by atoms with E-state index in [-0.39, 0.29) is 22.8 Å². The Hall–Kier alpha value is -1.99. The third-order valence-corrected chi connectivity index (χ3v) is 7.58. The second kappa shape index (κ2) is 6.38. The minimum absolute atomic E-state index is 0.0356. The minimum atomic E-state index is -3.00. The van der Waals surface area contributed by atoms with Gasteiger partial charge in [-0.2, -0.15) is 0 Å². The van der Waals surface area contributed by atoms with E-state index in [0.717, 1.165) is 17.0 Å². The zero-order chi connectivity index (χ0) is 17.4. The monoisotopic (exact) mass is 374 g/mol. The summed E-state index contributed by atoms with van der Waals surface area (Å²) in [7, 11) is -3.00. The lowest BCUT2D eigenvalue weighted by Gasteiger charge is -2.24. The molecule has 2 aromatic rings. The van der Waals surface area contributed by atoms with E-state index in [9.17, 15) is 8.42 Å². The standard InChI is InChI=1S/C18H18N2O3S2/c19-18-20(16-11-25(21,22)12-17(16)24-18)14-6-8-15(9-7-14)23-10-13-4-2-1-3-5-13/h1-9,16-17,19H,10-12H2. The van der Waals surface area contributed by atoms with Gasteiger partial charge in [0.05, 0.1) is 17.5 Å². The van der Waals surface area contributed by atoms with Gasteiger partial charge >= 0.3 is 0 Å². The molecule has 2 fully saturated rings. The Kier molecular flexibility index (Phi) is 4.21. The molecule has 2 atom stereocenters. The van der Waals surface area contributed by atoms with E-state index in [0.29, 0.717) is 11.8 Å². The van der Waals surface area contributed by atoms with Crippen molar-refractivity contribution in [1.82, 2.24) is 0 Å². The molecule has 0 spiro atoms. The van der Waals surface area contributed by atoms with Crippen LogP contribution in [0.15, 0.2) is 54.6 Å². The lowest BCUT2D eigenvalue weighted by molar-refractivity contribution is 0.306. The van der Waals surface area contributed by atoms with E-state index >= 15 is 0 Å². The summed E-state index contributed by atoms with van der Waals surface area (Å²) in [4.78, 5) is 1.83. The van der Waals surface area contributed by atoms with E-state index in [1.54, 1.807) is 0 Å². The van der Waals surface area contributed by atoms with Crippen LogP contribution in [0.1, 0.15) is 5.56 Å². The molecule has 2 unspecified atom stereocenters. The number of fused-ring (bicyclic) bond motifs is 1. The number of anilines is 1. The van der Waals surface area contributed by atoms with Crippen LogP contribution < -0.4 is 9.64 Å². The molecular weight excluding hydrogens is 356 g/mol. The summed E-state index contributed by atoms with van der Waals surface area (Å²) in [5.74, 6) is 1.04. The Morgan fingerprint density at radius 2 is 1.80 bits per heavy atom. The van der Waals surface area contributed by atoms with Gasteiger partial charge in [-0.1, -0.05) is 42.1 Å². The number of ether oxygens (including phenoxy) is 1. The Labute approximate surface area is 151 Å². The van der Waals surface area contributed by atoms with Gasteiger partial charge in [-0.05, 0) is 29.8 Å². The zero-order valence-electron chi connectivity index (χ0n) is 13.5. The third kappa shape index (κ3) is 3.39. The molecule has 2 aromatic carbocycles. The van der Waals surface area contributed by atoms with Gasteiger partial charge in [0.15, 0.2) is 15.0 Å². The highest BCUT2D eigenvalue weighted by Crippen LogP contribution is 2.40. The molecule has 5 nitrogen and oxygen atoms in total. The van der Waals surface area contributed by atoms with E-state index in [1.807, 2.05) is 59.5 Å². The van der Waals surface area contributed by atoms with Crippen LogP contribution in [0.25, 0.3) is 0 Å². The van der Waals surface area contributed by atoms with Crippen molar-refractivity contribution in [3.05, 3.63) is 60.2 Å². The summed E-state index contributed by atoms with van der Waals surface area (Å²) in [6, 6.07) is 17.3. The first-order valence-electron chi connectivity index (χ1n) is 8.03. The largest absolute Gasteiger partial charge is 0.489 e. The summed E-state index contributed by atoms with van der Waals surface area (Å²) in [5, 5.41) is 8.56. The molecular formula is C18H18N2O3S2. The lowest BCUT2D eigenvalue weighted by Crippen LogP contribution is -2.37. The van der Waals surface area contributed by atoms with Crippen LogP contribution in [-0.2, 0) is 16.4 Å². The van der Waals surface area contributed by atoms with E-state index in [1.165, 1.54) is 11.8 Å². The lowest BCUT2D eigenvalue weighted by atomic mass is 10.2. The Morgan fingerprint density at radius 3 is 2.52 bits per heavy atom. The maximum atomic E-state index is 11.9. The summed E-state index contributed by atoms with van der Waals surface area (Å²) in [6.45, 7) is 0.499. The molecule has 7 heteroatoms. The van der Waals surface area contributed by atoms with Gasteiger partial charge in [-0.15, -0.1) is 0 Å². The van der Waals surface area contributed by atoms with E-state index < -0.39 is 9.84 Å². The zero-order valence-corrected chi connectivity index (χ0v) is 15.1. The van der Waals surface area contributed by atoms with Crippen molar-refractivity contribution in [2.24, 2.45) is 0 Å². The van der Waals surface area contributed by atoms with Crippen LogP contribution >= 0.6 is 11.8 Å². The molecule has 2 aliphatic heterocycles. The Morgan fingerprint density at radius 1 is 1.08 bits per heavy atom. The summed E-state index contributed by atoms with van der Waals surface area (Å²) in [5.41, 5.74) is 1.94. The first-order chi connectivity index (χ1) is 12.0. The van der Waals surface area contributed by atoms with Gasteiger partial charge in [0.25, 0.3) is 0 Å².